The fourth-order valence-electron chi connectivity index (χ4n) is 11.7. The van der Waals surface area contributed by atoms with Gasteiger partial charge in [-0.05, 0) is 130 Å². The minimum atomic E-state index is -0.299. The number of rotatable bonds is 6. The van der Waals surface area contributed by atoms with Crippen molar-refractivity contribution in [2.24, 2.45) is 5.92 Å². The summed E-state index contributed by atoms with van der Waals surface area (Å²) in [4.78, 5) is 61.4. The molecule has 2 aliphatic heterocycles. The topological polar surface area (TPSA) is 74.8 Å². The molecule has 7 aliphatic rings. The number of carbonyl (C=O) groups excluding carboxylic acids is 4. The van der Waals surface area contributed by atoms with Crippen molar-refractivity contribution in [1.82, 2.24) is 0 Å². The zero-order valence-corrected chi connectivity index (χ0v) is 33.7. The van der Waals surface area contributed by atoms with Crippen LogP contribution in [-0.2, 0) is 9.59 Å². The van der Waals surface area contributed by atoms with Gasteiger partial charge in [0.25, 0.3) is 23.6 Å². The molecule has 2 saturated carbocycles. The van der Waals surface area contributed by atoms with E-state index in [0.717, 1.165) is 44.5 Å². The maximum Gasteiger partial charge on any atom is 0.266 e. The Morgan fingerprint density at radius 3 is 1.79 bits per heavy atom. The third kappa shape index (κ3) is 4.90. The van der Waals surface area contributed by atoms with Crippen LogP contribution in [0.5, 0.6) is 0 Å². The number of hydrogen-bond acceptors (Lipinski definition) is 4. The van der Waals surface area contributed by atoms with Crippen molar-refractivity contribution in [2.45, 2.75) is 109 Å². The van der Waals surface area contributed by atoms with Gasteiger partial charge in [-0.25, -0.2) is 9.80 Å². The molecule has 6 nitrogen and oxygen atoms in total. The van der Waals surface area contributed by atoms with Crippen LogP contribution in [0.25, 0.3) is 16.3 Å². The van der Waals surface area contributed by atoms with Crippen LogP contribution < -0.4 is 9.80 Å². The van der Waals surface area contributed by atoms with E-state index in [9.17, 15) is 19.2 Å². The zero-order chi connectivity index (χ0) is 39.7. The van der Waals surface area contributed by atoms with Crippen LogP contribution in [-0.4, -0.2) is 23.6 Å². The lowest BCUT2D eigenvalue weighted by Crippen LogP contribution is -2.46. The number of anilines is 2. The third-order valence-corrected chi connectivity index (χ3v) is 14.5. The maximum absolute atomic E-state index is 14.9. The molecule has 0 spiro atoms. The van der Waals surface area contributed by atoms with Crippen molar-refractivity contribution in [3.63, 3.8) is 0 Å². The lowest BCUT2D eigenvalue weighted by Gasteiger charge is -2.44. The van der Waals surface area contributed by atoms with Gasteiger partial charge in [-0.1, -0.05) is 108 Å². The van der Waals surface area contributed by atoms with Gasteiger partial charge in [-0.3, -0.25) is 19.2 Å². The van der Waals surface area contributed by atoms with E-state index in [1.807, 2.05) is 54.6 Å². The molecule has 0 N–H and O–H groups in total. The molecular weight excluding hydrogens is 717 g/mol. The number of carbonyl (C=O) groups is 4. The second-order valence-electron chi connectivity index (χ2n) is 18.3. The molecule has 290 valence electrons. The molecule has 2 heterocycles. The van der Waals surface area contributed by atoms with Gasteiger partial charge in [0.15, 0.2) is 0 Å². The molecule has 4 amide bonds. The first-order valence-corrected chi connectivity index (χ1v) is 21.6. The summed E-state index contributed by atoms with van der Waals surface area (Å²) < 4.78 is 0. The molecule has 0 bridgehead atoms. The first-order chi connectivity index (χ1) is 28.1. The number of imide groups is 2. The average molecular weight is 765 g/mol. The fraction of sp³-hybridized carbons (Fsp3) is 0.346. The standard InChI is InChI=1S/C52H48N2O4/c1-27(2)42-25-32(30-11-7-8-12-30)26-43(28(3)4)48(42)54-51(57)40-23-19-36-34-17-21-38-46-39(22-18-35(44(34)46)37-20-24-41(52(54)58)47(40)45(36)37)50(56)53(49(38)55)33-15-13-31(14-16-33)29-9-5-6-10-29/h13-30,34,44H,5-12H2,1-4H3. The van der Waals surface area contributed by atoms with Gasteiger partial charge in [0, 0.05) is 39.5 Å². The molecule has 4 aromatic rings. The van der Waals surface area contributed by atoms with E-state index >= 15 is 0 Å². The van der Waals surface area contributed by atoms with E-state index in [-0.39, 0.29) is 47.3 Å². The fourth-order valence-corrected chi connectivity index (χ4v) is 11.7. The Bertz CT molecular complexity index is 2620. The normalized spacial score (nSPS) is 22.6. The van der Waals surface area contributed by atoms with Crippen molar-refractivity contribution in [2.75, 3.05) is 9.80 Å². The Morgan fingerprint density at radius 1 is 0.586 bits per heavy atom. The van der Waals surface area contributed by atoms with Crippen LogP contribution in [0.4, 0.5) is 11.4 Å². The summed E-state index contributed by atoms with van der Waals surface area (Å²) in [6.07, 6.45) is 17.6. The third-order valence-electron chi connectivity index (χ3n) is 14.5. The van der Waals surface area contributed by atoms with Gasteiger partial charge in [0.1, 0.15) is 0 Å². The highest BCUT2D eigenvalue weighted by molar-refractivity contribution is 6.37. The highest BCUT2D eigenvalue weighted by Gasteiger charge is 2.49. The lowest BCUT2D eigenvalue weighted by molar-refractivity contribution is -0.123. The Kier molecular flexibility index (Phi) is 7.93. The molecule has 0 radical (unpaired) electrons. The van der Waals surface area contributed by atoms with Gasteiger partial charge in [-0.2, -0.15) is 0 Å². The smallest absolute Gasteiger partial charge is 0.266 e. The molecular formula is C52H48N2O4. The van der Waals surface area contributed by atoms with E-state index in [4.69, 9.17) is 0 Å². The molecule has 11 rings (SSSR count). The molecule has 2 unspecified atom stereocenters. The minimum Gasteiger partial charge on any atom is -0.268 e. The largest absolute Gasteiger partial charge is 0.268 e. The second-order valence-corrected chi connectivity index (χ2v) is 18.3. The van der Waals surface area contributed by atoms with E-state index in [1.54, 1.807) is 0 Å². The Labute approximate surface area is 340 Å². The maximum atomic E-state index is 14.9. The van der Waals surface area contributed by atoms with Crippen molar-refractivity contribution >= 4 is 51.3 Å². The van der Waals surface area contributed by atoms with Crippen molar-refractivity contribution in [3.8, 4) is 0 Å². The molecule has 2 atom stereocenters. The molecule has 0 saturated heterocycles. The number of fused-ring (bicyclic) bond motifs is 2. The molecule has 4 aromatic carbocycles. The molecule has 5 aliphatic carbocycles. The summed E-state index contributed by atoms with van der Waals surface area (Å²) in [6.45, 7) is 8.63. The number of allylic oxidation sites excluding steroid dienone is 4. The molecule has 6 heteroatoms. The van der Waals surface area contributed by atoms with Crippen LogP contribution in [0.2, 0.25) is 0 Å². The number of amides is 4. The lowest BCUT2D eigenvalue weighted by atomic mass is 9.61. The van der Waals surface area contributed by atoms with Gasteiger partial charge in [-0.15, -0.1) is 0 Å². The van der Waals surface area contributed by atoms with E-state index in [0.29, 0.717) is 45.2 Å². The molecule has 0 aromatic heterocycles. The summed E-state index contributed by atoms with van der Waals surface area (Å²) in [5.41, 5.74) is 11.9. The summed E-state index contributed by atoms with van der Waals surface area (Å²) in [5, 5.41) is 1.61. The van der Waals surface area contributed by atoms with Gasteiger partial charge in [0.2, 0.25) is 0 Å². The van der Waals surface area contributed by atoms with Crippen molar-refractivity contribution in [3.05, 3.63) is 146 Å². The summed E-state index contributed by atoms with van der Waals surface area (Å²) >= 11 is 0. The number of nitrogens with zero attached hydrogens (tertiary/aromatic N) is 2. The summed E-state index contributed by atoms with van der Waals surface area (Å²) in [7, 11) is 0. The Hall–Kier alpha value is -5.62. The SMILES string of the molecule is CC(C)c1cc(C2CCCC2)cc(C(C)C)c1N1C(=O)c2ccc3c4c(ccc(c24)C1=O)C1C=CC2=C4C(=CC=C3C41)C(=O)N(c1ccc(C3CCCC3)cc1)C2=O. The molecule has 58 heavy (non-hydrogen) atoms. The summed E-state index contributed by atoms with van der Waals surface area (Å²) in [6, 6.07) is 20.4. The quantitative estimate of drug-likeness (QED) is 0.183. The van der Waals surface area contributed by atoms with Crippen molar-refractivity contribution in [1.29, 1.82) is 0 Å². The van der Waals surface area contributed by atoms with Crippen molar-refractivity contribution < 1.29 is 19.2 Å². The predicted octanol–water partition coefficient (Wildman–Crippen LogP) is 11.7. The monoisotopic (exact) mass is 764 g/mol. The van der Waals surface area contributed by atoms with Gasteiger partial charge < -0.3 is 0 Å². The average Bonchev–Trinajstić information content (AvgIpc) is 3.98. The first-order valence-electron chi connectivity index (χ1n) is 21.6. The van der Waals surface area contributed by atoms with Crippen LogP contribution in [0.3, 0.4) is 0 Å². The highest BCUT2D eigenvalue weighted by atomic mass is 16.2. The van der Waals surface area contributed by atoms with Gasteiger partial charge in [0.05, 0.1) is 11.4 Å². The van der Waals surface area contributed by atoms with Gasteiger partial charge >= 0.3 is 0 Å². The van der Waals surface area contributed by atoms with E-state index in [2.05, 4.69) is 58.0 Å². The van der Waals surface area contributed by atoms with Crippen LogP contribution in [0.1, 0.15) is 163 Å². The Balaban J connectivity index is 1.01. The minimum absolute atomic E-state index is 0.115. The summed E-state index contributed by atoms with van der Waals surface area (Å²) in [5.74, 6) is -0.293. The van der Waals surface area contributed by atoms with E-state index < -0.39 is 0 Å². The van der Waals surface area contributed by atoms with E-state index in [1.165, 1.54) is 72.3 Å². The predicted molar refractivity (Wildman–Crippen MR) is 230 cm³/mol. The van der Waals surface area contributed by atoms with Crippen LogP contribution in [0, 0.1) is 5.92 Å². The van der Waals surface area contributed by atoms with Crippen LogP contribution in [0.15, 0.2) is 102 Å². The number of hydrogen-bond donors (Lipinski definition) is 0. The molecule has 2 fully saturated rings. The van der Waals surface area contributed by atoms with Crippen LogP contribution >= 0.6 is 0 Å². The second kappa shape index (κ2) is 12.9. The first kappa shape index (κ1) is 35.5. The Morgan fingerprint density at radius 2 is 1.17 bits per heavy atom. The number of benzene rings is 4. The highest BCUT2D eigenvalue weighted by Crippen LogP contribution is 2.58. The zero-order valence-electron chi connectivity index (χ0n) is 33.7.